The third-order valence-electron chi connectivity index (χ3n) is 2.61. The van der Waals surface area contributed by atoms with E-state index in [9.17, 15) is 9.59 Å². The van der Waals surface area contributed by atoms with E-state index in [-0.39, 0.29) is 5.78 Å². The maximum absolute atomic E-state index is 11.9. The predicted molar refractivity (Wildman–Crippen MR) is 84.0 cm³/mol. The molecule has 1 heterocycles. The molecule has 0 atom stereocenters. The number of Topliss-reactive ketones (excluding diaryl/α,β-unsaturated/α-hetero) is 1. The van der Waals surface area contributed by atoms with Crippen LogP contribution in [0.2, 0.25) is 0 Å². The quantitative estimate of drug-likeness (QED) is 0.478. The minimum absolute atomic E-state index is 0.0681. The van der Waals surface area contributed by atoms with Gasteiger partial charge in [0.15, 0.2) is 5.78 Å². The molecule has 0 aromatic carbocycles. The highest BCUT2D eigenvalue weighted by atomic mass is 32.1. The number of rotatable bonds is 6. The van der Waals surface area contributed by atoms with Crippen LogP contribution in [0, 0.1) is 4.64 Å². The van der Waals surface area contributed by atoms with E-state index in [0.29, 0.717) is 29.6 Å². The number of nitrogens with one attached hydrogen (secondary N) is 2. The summed E-state index contributed by atoms with van der Waals surface area (Å²) in [6.07, 6.45) is 3.09. The first-order chi connectivity index (χ1) is 9.78. The maximum Gasteiger partial charge on any atom is 0.407 e. The van der Waals surface area contributed by atoms with Crippen molar-refractivity contribution in [1.82, 2.24) is 10.3 Å². The van der Waals surface area contributed by atoms with Crippen molar-refractivity contribution < 1.29 is 14.3 Å². The summed E-state index contributed by atoms with van der Waals surface area (Å²) >= 11 is 4.92. The van der Waals surface area contributed by atoms with Crippen molar-refractivity contribution >= 4 is 24.1 Å². The lowest BCUT2D eigenvalue weighted by atomic mass is 10.1. The van der Waals surface area contributed by atoms with Crippen molar-refractivity contribution in [3.8, 4) is 0 Å². The molecule has 1 aromatic rings. The highest BCUT2D eigenvalue weighted by molar-refractivity contribution is 7.71. The minimum Gasteiger partial charge on any atom is -0.444 e. The number of unbranched alkanes of at least 4 members (excludes halogenated alkanes) is 1. The molecule has 21 heavy (non-hydrogen) atoms. The van der Waals surface area contributed by atoms with E-state index in [1.807, 2.05) is 20.8 Å². The van der Waals surface area contributed by atoms with E-state index in [1.165, 1.54) is 0 Å². The number of hydrogen-bond acceptors (Lipinski definition) is 4. The maximum atomic E-state index is 11.9. The van der Waals surface area contributed by atoms with Gasteiger partial charge >= 0.3 is 6.09 Å². The van der Waals surface area contributed by atoms with Gasteiger partial charge in [-0.2, -0.15) is 0 Å². The molecule has 6 heteroatoms. The van der Waals surface area contributed by atoms with Gasteiger partial charge in [0.25, 0.3) is 0 Å². The Morgan fingerprint density at radius 1 is 1.29 bits per heavy atom. The van der Waals surface area contributed by atoms with Crippen molar-refractivity contribution in [3.63, 3.8) is 0 Å². The number of carbonyl (C=O) groups is 2. The van der Waals surface area contributed by atoms with E-state index in [4.69, 9.17) is 17.0 Å². The average Bonchev–Trinajstić information content (AvgIpc) is 2.36. The van der Waals surface area contributed by atoms with Gasteiger partial charge in [0.05, 0.1) is 0 Å². The number of aromatic nitrogens is 1. The Labute approximate surface area is 130 Å². The molecule has 1 rings (SSSR count). The van der Waals surface area contributed by atoms with Crippen molar-refractivity contribution in [3.05, 3.63) is 28.5 Å². The minimum atomic E-state index is -0.493. The van der Waals surface area contributed by atoms with E-state index >= 15 is 0 Å². The molecule has 0 saturated carbocycles. The van der Waals surface area contributed by atoms with Crippen LogP contribution in [0.3, 0.4) is 0 Å². The molecule has 1 aromatic heterocycles. The normalized spacial score (nSPS) is 11.0. The number of aromatic amines is 1. The lowest BCUT2D eigenvalue weighted by Gasteiger charge is -2.19. The van der Waals surface area contributed by atoms with E-state index in [0.717, 1.165) is 6.42 Å². The highest BCUT2D eigenvalue weighted by Crippen LogP contribution is 2.07. The molecule has 1 amide bonds. The summed E-state index contributed by atoms with van der Waals surface area (Å²) in [5, 5.41) is 2.67. The molecule has 0 unspecified atom stereocenters. The van der Waals surface area contributed by atoms with Crippen molar-refractivity contribution in [1.29, 1.82) is 0 Å². The van der Waals surface area contributed by atoms with Crippen LogP contribution in [-0.4, -0.2) is 29.0 Å². The van der Waals surface area contributed by atoms with Crippen LogP contribution in [0.15, 0.2) is 18.3 Å². The van der Waals surface area contributed by atoms with Gasteiger partial charge in [-0.15, -0.1) is 0 Å². The Kier molecular flexibility index (Phi) is 6.55. The second kappa shape index (κ2) is 7.93. The zero-order chi connectivity index (χ0) is 15.9. The molecule has 0 bridgehead atoms. The smallest absolute Gasteiger partial charge is 0.407 e. The Morgan fingerprint density at radius 3 is 2.57 bits per heavy atom. The fraction of sp³-hybridized carbons (Fsp3) is 0.533. The second-order valence-corrected chi connectivity index (χ2v) is 6.19. The fourth-order valence-corrected chi connectivity index (χ4v) is 1.77. The van der Waals surface area contributed by atoms with Crippen LogP contribution >= 0.6 is 12.2 Å². The summed E-state index contributed by atoms with van der Waals surface area (Å²) in [4.78, 5) is 26.1. The first-order valence-corrected chi connectivity index (χ1v) is 7.37. The van der Waals surface area contributed by atoms with E-state index < -0.39 is 11.7 Å². The Hall–Kier alpha value is -1.69. The third-order valence-corrected chi connectivity index (χ3v) is 2.86. The summed E-state index contributed by atoms with van der Waals surface area (Å²) < 4.78 is 5.72. The van der Waals surface area contributed by atoms with Crippen molar-refractivity contribution in [2.24, 2.45) is 0 Å². The van der Waals surface area contributed by atoms with Gasteiger partial charge < -0.3 is 15.0 Å². The molecule has 0 spiro atoms. The molecule has 0 radical (unpaired) electrons. The molecule has 5 nitrogen and oxygen atoms in total. The summed E-state index contributed by atoms with van der Waals surface area (Å²) in [5.41, 5.74) is 0.136. The molecule has 0 saturated heterocycles. The van der Waals surface area contributed by atoms with Gasteiger partial charge in [0.1, 0.15) is 10.2 Å². The highest BCUT2D eigenvalue weighted by Gasteiger charge is 2.15. The monoisotopic (exact) mass is 310 g/mol. The number of alkyl carbamates (subject to hydrolysis) is 1. The van der Waals surface area contributed by atoms with Crippen molar-refractivity contribution in [2.45, 2.75) is 45.6 Å². The van der Waals surface area contributed by atoms with Crippen LogP contribution in [-0.2, 0) is 4.74 Å². The molecular weight excluding hydrogens is 288 g/mol. The molecular formula is C15H22N2O3S. The number of pyridine rings is 1. The van der Waals surface area contributed by atoms with Crippen LogP contribution in [0.1, 0.15) is 50.4 Å². The molecule has 116 valence electrons. The Bertz CT molecular complexity index is 526. The lowest BCUT2D eigenvalue weighted by molar-refractivity contribution is 0.0527. The largest absolute Gasteiger partial charge is 0.444 e. The number of amides is 1. The Morgan fingerprint density at radius 2 is 2.00 bits per heavy atom. The standard InChI is InChI=1S/C15H22N2O3S/c1-15(2,3)20-14(19)16-9-5-4-6-12(18)11-7-8-13(21)17-10-11/h7-8,10H,4-6,9H2,1-3H3,(H,16,19)(H,17,21). The van der Waals surface area contributed by atoms with Gasteiger partial charge in [-0.3, -0.25) is 4.79 Å². The SMILES string of the molecule is CC(C)(C)OC(=O)NCCCCC(=O)c1ccc(=S)[nH]c1. The predicted octanol–water partition coefficient (Wildman–Crippen LogP) is 3.62. The average molecular weight is 310 g/mol. The Balaban J connectivity index is 2.19. The summed E-state index contributed by atoms with van der Waals surface area (Å²) in [5.74, 6) is 0.0681. The molecule has 0 aliphatic carbocycles. The van der Waals surface area contributed by atoms with Crippen LogP contribution < -0.4 is 5.32 Å². The number of hydrogen-bond donors (Lipinski definition) is 2. The van der Waals surface area contributed by atoms with Gasteiger partial charge in [-0.25, -0.2) is 4.79 Å². The number of H-pyrrole nitrogens is 1. The fourth-order valence-electron chi connectivity index (χ4n) is 1.64. The molecule has 0 fully saturated rings. The number of carbonyl (C=O) groups excluding carboxylic acids is 2. The second-order valence-electron chi connectivity index (χ2n) is 5.75. The zero-order valence-electron chi connectivity index (χ0n) is 12.7. The van der Waals surface area contributed by atoms with E-state index in [2.05, 4.69) is 10.3 Å². The van der Waals surface area contributed by atoms with Gasteiger partial charge in [-0.05, 0) is 45.7 Å². The molecule has 2 N–H and O–H groups in total. The van der Waals surface area contributed by atoms with Crippen molar-refractivity contribution in [2.75, 3.05) is 6.54 Å². The topological polar surface area (TPSA) is 71.2 Å². The first-order valence-electron chi connectivity index (χ1n) is 6.97. The van der Waals surface area contributed by atoms with Gasteiger partial charge in [0.2, 0.25) is 0 Å². The molecule has 0 aliphatic heterocycles. The van der Waals surface area contributed by atoms with Crippen LogP contribution in [0.25, 0.3) is 0 Å². The van der Waals surface area contributed by atoms with E-state index in [1.54, 1.807) is 18.3 Å². The summed E-state index contributed by atoms with van der Waals surface area (Å²) in [7, 11) is 0. The summed E-state index contributed by atoms with van der Waals surface area (Å²) in [6, 6.07) is 3.42. The van der Waals surface area contributed by atoms with Crippen LogP contribution in [0.5, 0.6) is 0 Å². The van der Waals surface area contributed by atoms with Gasteiger partial charge in [0, 0.05) is 24.7 Å². The molecule has 0 aliphatic rings. The van der Waals surface area contributed by atoms with Crippen LogP contribution in [0.4, 0.5) is 4.79 Å². The summed E-state index contributed by atoms with van der Waals surface area (Å²) in [6.45, 7) is 5.95. The zero-order valence-corrected chi connectivity index (χ0v) is 13.5. The number of ether oxygens (including phenoxy) is 1. The first kappa shape index (κ1) is 17.4. The third kappa shape index (κ3) is 7.60. The number of ketones is 1. The lowest BCUT2D eigenvalue weighted by Crippen LogP contribution is -2.33. The van der Waals surface area contributed by atoms with Gasteiger partial charge in [-0.1, -0.05) is 12.2 Å².